The molecule has 0 aliphatic rings. The molecule has 2 aromatic heterocycles. The highest BCUT2D eigenvalue weighted by molar-refractivity contribution is 6.32. The first-order chi connectivity index (χ1) is 12.0. The van der Waals surface area contributed by atoms with Gasteiger partial charge in [0.15, 0.2) is 5.82 Å². The third-order valence-electron chi connectivity index (χ3n) is 4.09. The van der Waals surface area contributed by atoms with Crippen LogP contribution in [0.4, 0.5) is 4.39 Å². The topological polar surface area (TPSA) is 77.6 Å². The molecule has 0 saturated carbocycles. The summed E-state index contributed by atoms with van der Waals surface area (Å²) < 4.78 is 14.2. The van der Waals surface area contributed by atoms with E-state index in [1.807, 2.05) is 13.0 Å². The second-order valence-electron chi connectivity index (χ2n) is 5.84. The van der Waals surface area contributed by atoms with Crippen LogP contribution in [-0.4, -0.2) is 25.3 Å². The van der Waals surface area contributed by atoms with Crippen molar-refractivity contribution in [3.05, 3.63) is 58.4 Å². The summed E-state index contributed by atoms with van der Waals surface area (Å²) in [5, 5.41) is 16.8. The van der Waals surface area contributed by atoms with Crippen LogP contribution in [0.2, 0.25) is 5.02 Å². The van der Waals surface area contributed by atoms with E-state index in [0.717, 1.165) is 16.6 Å². The monoisotopic (exact) mass is 356 g/mol. The fourth-order valence-corrected chi connectivity index (χ4v) is 2.87. The molecule has 2 aromatic carbocycles. The first-order valence-corrected chi connectivity index (χ1v) is 8.04. The number of benzene rings is 2. The molecule has 0 unspecified atom stereocenters. The quantitative estimate of drug-likeness (QED) is 0.514. The number of aryl methyl sites for hydroxylation is 1. The highest BCUT2D eigenvalue weighted by Gasteiger charge is 2.13. The Labute approximate surface area is 147 Å². The van der Waals surface area contributed by atoms with Gasteiger partial charge in [-0.25, -0.2) is 9.37 Å². The molecule has 126 valence electrons. The lowest BCUT2D eigenvalue weighted by atomic mass is 10.1. The summed E-state index contributed by atoms with van der Waals surface area (Å²) in [6, 6.07) is 10.0. The minimum Gasteiger partial charge on any atom is -0.392 e. The maximum atomic E-state index is 14.2. The number of fused-ring (bicyclic) bond motifs is 1. The summed E-state index contributed by atoms with van der Waals surface area (Å²) in [6.45, 7) is 1.72. The van der Waals surface area contributed by atoms with Gasteiger partial charge < -0.3 is 10.1 Å². The molecule has 4 rings (SSSR count). The molecule has 3 N–H and O–H groups in total. The van der Waals surface area contributed by atoms with Gasteiger partial charge in [-0.1, -0.05) is 17.7 Å². The van der Waals surface area contributed by atoms with E-state index in [2.05, 4.69) is 20.2 Å². The van der Waals surface area contributed by atoms with Crippen molar-refractivity contribution in [3.8, 4) is 22.8 Å². The van der Waals surface area contributed by atoms with Gasteiger partial charge in [0.05, 0.1) is 23.3 Å². The van der Waals surface area contributed by atoms with Gasteiger partial charge in [0.2, 0.25) is 0 Å². The van der Waals surface area contributed by atoms with Gasteiger partial charge in [-0.15, -0.1) is 0 Å². The number of hydrogen-bond acceptors (Lipinski definition) is 3. The van der Waals surface area contributed by atoms with Crippen molar-refractivity contribution in [2.45, 2.75) is 13.5 Å². The number of nitrogens with zero attached hydrogens (tertiary/aromatic N) is 2. The minimum absolute atomic E-state index is 0.204. The van der Waals surface area contributed by atoms with Crippen LogP contribution >= 0.6 is 11.6 Å². The average Bonchev–Trinajstić information content (AvgIpc) is 3.22. The van der Waals surface area contributed by atoms with E-state index in [-0.39, 0.29) is 6.61 Å². The van der Waals surface area contributed by atoms with Gasteiger partial charge in [0.25, 0.3) is 0 Å². The first-order valence-electron chi connectivity index (χ1n) is 7.66. The summed E-state index contributed by atoms with van der Waals surface area (Å²) in [4.78, 5) is 7.71. The van der Waals surface area contributed by atoms with Crippen LogP contribution in [0.3, 0.4) is 0 Å². The third-order valence-corrected chi connectivity index (χ3v) is 4.49. The van der Waals surface area contributed by atoms with Gasteiger partial charge in [0, 0.05) is 10.6 Å². The third kappa shape index (κ3) is 2.79. The number of aromatic amines is 2. The van der Waals surface area contributed by atoms with Crippen molar-refractivity contribution in [2.75, 3.05) is 0 Å². The van der Waals surface area contributed by atoms with Crippen LogP contribution in [-0.2, 0) is 6.61 Å². The summed E-state index contributed by atoms with van der Waals surface area (Å²) in [5.74, 6) is 0.166. The zero-order chi connectivity index (χ0) is 17.6. The summed E-state index contributed by atoms with van der Waals surface area (Å²) in [7, 11) is 0. The number of hydrogen-bond donors (Lipinski definition) is 3. The Morgan fingerprint density at radius 3 is 2.80 bits per heavy atom. The molecule has 25 heavy (non-hydrogen) atoms. The van der Waals surface area contributed by atoms with E-state index in [1.54, 1.807) is 24.3 Å². The van der Waals surface area contributed by atoms with E-state index in [1.165, 1.54) is 6.07 Å². The standard InChI is InChI=1S/C18H14ClFN4O/c1-9-4-15-16(6-12(9)19)22-18(21-15)17-7-14(23-24-17)11-3-2-10(8-25)5-13(11)20/h2-7,25H,8H2,1H3,(H,21,22)(H,23,24). The van der Waals surface area contributed by atoms with Crippen LogP contribution in [0.25, 0.3) is 33.8 Å². The Bertz CT molecular complexity index is 1050. The van der Waals surface area contributed by atoms with Crippen LogP contribution in [0.1, 0.15) is 11.1 Å². The molecular weight excluding hydrogens is 343 g/mol. The van der Waals surface area contributed by atoms with E-state index in [9.17, 15) is 4.39 Å². The molecular formula is C18H14ClFN4O. The van der Waals surface area contributed by atoms with E-state index < -0.39 is 5.82 Å². The Morgan fingerprint density at radius 2 is 2.04 bits per heavy atom. The fourth-order valence-electron chi connectivity index (χ4n) is 2.71. The Morgan fingerprint density at radius 1 is 1.20 bits per heavy atom. The van der Waals surface area contributed by atoms with Gasteiger partial charge in [-0.05, 0) is 48.4 Å². The maximum absolute atomic E-state index is 14.2. The minimum atomic E-state index is -0.434. The first kappa shape index (κ1) is 15.8. The van der Waals surface area contributed by atoms with Crippen molar-refractivity contribution in [1.29, 1.82) is 0 Å². The molecule has 0 radical (unpaired) electrons. The zero-order valence-electron chi connectivity index (χ0n) is 13.3. The van der Waals surface area contributed by atoms with Gasteiger partial charge in [-0.3, -0.25) is 5.10 Å². The number of imidazole rings is 1. The number of aliphatic hydroxyl groups excluding tert-OH is 1. The highest BCUT2D eigenvalue weighted by atomic mass is 35.5. The van der Waals surface area contributed by atoms with E-state index in [0.29, 0.717) is 33.4 Å². The molecule has 0 spiro atoms. The summed E-state index contributed by atoms with van der Waals surface area (Å²) in [5.41, 5.74) is 4.56. The smallest absolute Gasteiger partial charge is 0.156 e. The van der Waals surface area contributed by atoms with Crippen molar-refractivity contribution < 1.29 is 9.50 Å². The van der Waals surface area contributed by atoms with Crippen LogP contribution in [0, 0.1) is 12.7 Å². The number of nitrogens with one attached hydrogen (secondary N) is 2. The number of aliphatic hydroxyl groups is 1. The lowest BCUT2D eigenvalue weighted by Gasteiger charge is -2.01. The maximum Gasteiger partial charge on any atom is 0.156 e. The average molecular weight is 357 g/mol. The van der Waals surface area contributed by atoms with Gasteiger partial charge in [-0.2, -0.15) is 5.10 Å². The van der Waals surface area contributed by atoms with Gasteiger partial charge >= 0.3 is 0 Å². The molecule has 0 bridgehead atoms. The molecule has 0 aliphatic carbocycles. The number of halogens is 2. The Kier molecular flexibility index (Phi) is 3.78. The molecule has 0 amide bonds. The summed E-state index contributed by atoms with van der Waals surface area (Å²) in [6.07, 6.45) is 0. The van der Waals surface area contributed by atoms with E-state index >= 15 is 0 Å². The molecule has 0 fully saturated rings. The molecule has 0 atom stereocenters. The van der Waals surface area contributed by atoms with Crippen LogP contribution in [0.5, 0.6) is 0 Å². The molecule has 7 heteroatoms. The lowest BCUT2D eigenvalue weighted by Crippen LogP contribution is -1.89. The largest absolute Gasteiger partial charge is 0.392 e. The normalized spacial score (nSPS) is 11.4. The molecule has 2 heterocycles. The van der Waals surface area contributed by atoms with Gasteiger partial charge in [0.1, 0.15) is 11.5 Å². The second-order valence-corrected chi connectivity index (χ2v) is 6.25. The number of aromatic nitrogens is 4. The fraction of sp³-hybridized carbons (Fsp3) is 0.111. The Hall–Kier alpha value is -2.70. The second kappa shape index (κ2) is 5.98. The van der Waals surface area contributed by atoms with Crippen LogP contribution < -0.4 is 0 Å². The van der Waals surface area contributed by atoms with E-state index in [4.69, 9.17) is 16.7 Å². The molecule has 5 nitrogen and oxygen atoms in total. The molecule has 0 aliphatic heterocycles. The highest BCUT2D eigenvalue weighted by Crippen LogP contribution is 2.28. The predicted molar refractivity (Wildman–Crippen MR) is 94.7 cm³/mol. The van der Waals surface area contributed by atoms with Crippen molar-refractivity contribution in [3.63, 3.8) is 0 Å². The summed E-state index contributed by atoms with van der Waals surface area (Å²) >= 11 is 6.14. The lowest BCUT2D eigenvalue weighted by molar-refractivity contribution is 0.281. The Balaban J connectivity index is 1.74. The number of H-pyrrole nitrogens is 2. The van der Waals surface area contributed by atoms with Crippen molar-refractivity contribution in [2.24, 2.45) is 0 Å². The SMILES string of the molecule is Cc1cc2[nH]c(-c3cc(-c4ccc(CO)cc4F)n[nH]3)nc2cc1Cl. The van der Waals surface area contributed by atoms with Crippen molar-refractivity contribution in [1.82, 2.24) is 20.2 Å². The molecule has 0 saturated heterocycles. The number of rotatable bonds is 3. The molecule has 4 aromatic rings. The van der Waals surface area contributed by atoms with Crippen molar-refractivity contribution >= 4 is 22.6 Å². The predicted octanol–water partition coefficient (Wildman–Crippen LogP) is 4.21. The van der Waals surface area contributed by atoms with Crippen LogP contribution in [0.15, 0.2) is 36.4 Å². The zero-order valence-corrected chi connectivity index (χ0v) is 14.0.